The highest BCUT2D eigenvalue weighted by molar-refractivity contribution is 7.89. The Labute approximate surface area is 206 Å². The zero-order valence-corrected chi connectivity index (χ0v) is 20.7. The van der Waals surface area contributed by atoms with Crippen molar-refractivity contribution in [3.8, 4) is 11.3 Å². The number of thiazole rings is 1. The Morgan fingerprint density at radius 2 is 1.85 bits per heavy atom. The Morgan fingerprint density at radius 1 is 1.15 bits per heavy atom. The lowest BCUT2D eigenvalue weighted by Gasteiger charge is -2.17. The lowest BCUT2D eigenvalue weighted by Crippen LogP contribution is -2.28. The molecule has 2 heterocycles. The van der Waals surface area contributed by atoms with E-state index in [1.165, 1.54) is 33.8 Å². The van der Waals surface area contributed by atoms with Gasteiger partial charge in [-0.15, -0.1) is 11.3 Å². The summed E-state index contributed by atoms with van der Waals surface area (Å²) >= 11 is 7.36. The fraction of sp³-hybridized carbons (Fsp3) is 0.261. The van der Waals surface area contributed by atoms with Crippen molar-refractivity contribution in [1.82, 2.24) is 9.29 Å². The largest absolute Gasteiger partial charge is 0.452 e. The number of sulfonamides is 1. The molecule has 1 fully saturated rings. The first-order valence-electron chi connectivity index (χ1n) is 10.5. The smallest absolute Gasteiger partial charge is 0.338 e. The number of nitrogens with one attached hydrogen (secondary N) is 1. The second kappa shape index (κ2) is 10.2. The molecule has 1 aliphatic heterocycles. The quantitative estimate of drug-likeness (QED) is 0.465. The Bertz CT molecular complexity index is 1320. The standard InChI is InChI=1S/C23H22ClN3O5S2/c1-15-4-6-16(7-5-15)19-14-33-23(25-19)26-21(28)13-32-22(29)17-8-9-18(24)20(12-17)34(30,31)27-10-2-3-11-27/h4-9,12,14H,2-3,10-11,13H2,1H3,(H,25,26,28). The molecule has 1 aromatic heterocycles. The van der Waals surface area contributed by atoms with Gasteiger partial charge in [-0.05, 0) is 38.0 Å². The monoisotopic (exact) mass is 519 g/mol. The molecule has 0 aliphatic carbocycles. The van der Waals surface area contributed by atoms with E-state index in [4.69, 9.17) is 16.3 Å². The molecule has 0 unspecified atom stereocenters. The highest BCUT2D eigenvalue weighted by atomic mass is 35.5. The number of esters is 1. The van der Waals surface area contributed by atoms with Crippen molar-refractivity contribution in [3.05, 3.63) is 64.0 Å². The van der Waals surface area contributed by atoms with E-state index in [-0.39, 0.29) is 15.5 Å². The van der Waals surface area contributed by atoms with Crippen LogP contribution in [0, 0.1) is 6.92 Å². The van der Waals surface area contributed by atoms with Gasteiger partial charge in [0, 0.05) is 24.0 Å². The van der Waals surface area contributed by atoms with Crippen molar-refractivity contribution in [3.63, 3.8) is 0 Å². The summed E-state index contributed by atoms with van der Waals surface area (Å²) in [4.78, 5) is 28.9. The van der Waals surface area contributed by atoms with Crippen LogP contribution in [0.25, 0.3) is 11.3 Å². The van der Waals surface area contributed by atoms with Gasteiger partial charge in [0.2, 0.25) is 10.0 Å². The van der Waals surface area contributed by atoms with Crippen molar-refractivity contribution < 1.29 is 22.7 Å². The van der Waals surface area contributed by atoms with E-state index in [0.717, 1.165) is 29.7 Å². The molecule has 0 spiro atoms. The van der Waals surface area contributed by atoms with E-state index in [2.05, 4.69) is 10.3 Å². The number of carbonyl (C=O) groups excluding carboxylic acids is 2. The van der Waals surface area contributed by atoms with E-state index in [1.807, 2.05) is 36.6 Å². The molecule has 1 aliphatic rings. The highest BCUT2D eigenvalue weighted by Crippen LogP contribution is 2.28. The third-order valence-corrected chi connectivity index (χ3v) is 8.42. The summed E-state index contributed by atoms with van der Waals surface area (Å²) in [6.07, 6.45) is 1.55. The van der Waals surface area contributed by atoms with Gasteiger partial charge < -0.3 is 4.74 Å². The van der Waals surface area contributed by atoms with Crippen LogP contribution in [0.4, 0.5) is 5.13 Å². The Balaban J connectivity index is 1.37. The third kappa shape index (κ3) is 5.47. The molecule has 4 rings (SSSR count). The lowest BCUT2D eigenvalue weighted by molar-refractivity contribution is -0.119. The second-order valence-corrected chi connectivity index (χ2v) is 11.0. The minimum atomic E-state index is -3.81. The number of anilines is 1. The number of ether oxygens (including phenoxy) is 1. The summed E-state index contributed by atoms with van der Waals surface area (Å²) in [5.41, 5.74) is 2.78. The molecular weight excluding hydrogens is 498 g/mol. The van der Waals surface area contributed by atoms with Crippen LogP contribution in [0.1, 0.15) is 28.8 Å². The fourth-order valence-electron chi connectivity index (χ4n) is 3.45. The molecular formula is C23H22ClN3O5S2. The molecule has 178 valence electrons. The van der Waals surface area contributed by atoms with Crippen molar-refractivity contribution >= 4 is 50.0 Å². The van der Waals surface area contributed by atoms with Gasteiger partial charge in [0.15, 0.2) is 11.7 Å². The predicted octanol–water partition coefficient (Wildman–Crippen LogP) is 4.35. The number of amides is 1. The van der Waals surface area contributed by atoms with Crippen molar-refractivity contribution in [2.75, 3.05) is 25.0 Å². The number of aryl methyl sites for hydroxylation is 1. The maximum Gasteiger partial charge on any atom is 0.338 e. The molecule has 2 aromatic carbocycles. The van der Waals surface area contributed by atoms with Crippen LogP contribution >= 0.6 is 22.9 Å². The molecule has 1 saturated heterocycles. The zero-order valence-electron chi connectivity index (χ0n) is 18.3. The van der Waals surface area contributed by atoms with E-state index in [0.29, 0.717) is 18.2 Å². The van der Waals surface area contributed by atoms with Gasteiger partial charge in [-0.25, -0.2) is 18.2 Å². The number of halogens is 1. The van der Waals surface area contributed by atoms with Crippen molar-refractivity contribution in [1.29, 1.82) is 0 Å². The van der Waals surface area contributed by atoms with Crippen LogP contribution in [0.3, 0.4) is 0 Å². The normalized spacial score (nSPS) is 14.2. The Morgan fingerprint density at radius 3 is 2.56 bits per heavy atom. The summed E-state index contributed by atoms with van der Waals surface area (Å²) in [7, 11) is -3.81. The second-order valence-electron chi connectivity index (χ2n) is 7.78. The third-order valence-electron chi connectivity index (χ3n) is 5.28. The van der Waals surface area contributed by atoms with Gasteiger partial charge >= 0.3 is 5.97 Å². The van der Waals surface area contributed by atoms with Gasteiger partial charge in [0.05, 0.1) is 16.3 Å². The summed E-state index contributed by atoms with van der Waals surface area (Å²) in [6, 6.07) is 11.7. The number of benzene rings is 2. The minimum Gasteiger partial charge on any atom is -0.452 e. The van der Waals surface area contributed by atoms with Crippen LogP contribution in [-0.4, -0.2) is 49.3 Å². The maximum atomic E-state index is 12.8. The lowest BCUT2D eigenvalue weighted by atomic mass is 10.1. The number of hydrogen-bond acceptors (Lipinski definition) is 7. The van der Waals surface area contributed by atoms with Crippen LogP contribution < -0.4 is 5.32 Å². The average Bonchev–Trinajstić information content (AvgIpc) is 3.51. The molecule has 11 heteroatoms. The minimum absolute atomic E-state index is 0.00845. The van der Waals surface area contributed by atoms with Crippen LogP contribution in [0.2, 0.25) is 5.02 Å². The summed E-state index contributed by atoms with van der Waals surface area (Å²) in [5, 5.41) is 4.82. The number of rotatable bonds is 7. The Hall–Kier alpha value is -2.79. The number of hydrogen-bond donors (Lipinski definition) is 1. The van der Waals surface area contributed by atoms with Gasteiger partial charge in [-0.2, -0.15) is 4.31 Å². The van der Waals surface area contributed by atoms with E-state index in [9.17, 15) is 18.0 Å². The predicted molar refractivity (Wildman–Crippen MR) is 131 cm³/mol. The molecule has 3 aromatic rings. The average molecular weight is 520 g/mol. The molecule has 1 amide bonds. The maximum absolute atomic E-state index is 12.8. The van der Waals surface area contributed by atoms with Crippen LogP contribution in [0.5, 0.6) is 0 Å². The molecule has 34 heavy (non-hydrogen) atoms. The van der Waals surface area contributed by atoms with Crippen molar-refractivity contribution in [2.45, 2.75) is 24.7 Å². The van der Waals surface area contributed by atoms with Gasteiger partial charge in [0.25, 0.3) is 5.91 Å². The molecule has 0 saturated carbocycles. The molecule has 1 N–H and O–H groups in total. The SMILES string of the molecule is Cc1ccc(-c2csc(NC(=O)COC(=O)c3ccc(Cl)c(S(=O)(=O)N4CCCC4)c3)n2)cc1. The highest BCUT2D eigenvalue weighted by Gasteiger charge is 2.30. The van der Waals surface area contributed by atoms with Crippen LogP contribution in [-0.2, 0) is 19.6 Å². The van der Waals surface area contributed by atoms with Gasteiger partial charge in [0.1, 0.15) is 4.90 Å². The molecule has 8 nitrogen and oxygen atoms in total. The molecule has 0 bridgehead atoms. The van der Waals surface area contributed by atoms with Gasteiger partial charge in [-0.3, -0.25) is 10.1 Å². The van der Waals surface area contributed by atoms with Crippen molar-refractivity contribution in [2.24, 2.45) is 0 Å². The van der Waals surface area contributed by atoms with E-state index in [1.54, 1.807) is 0 Å². The first kappa shape index (κ1) is 24.3. The molecule has 0 radical (unpaired) electrons. The van der Waals surface area contributed by atoms with E-state index >= 15 is 0 Å². The first-order valence-corrected chi connectivity index (χ1v) is 13.2. The first-order chi connectivity index (χ1) is 16.2. The number of aromatic nitrogens is 1. The zero-order chi connectivity index (χ0) is 24.3. The van der Waals surface area contributed by atoms with Gasteiger partial charge in [-0.1, -0.05) is 41.4 Å². The van der Waals surface area contributed by atoms with Crippen LogP contribution in [0.15, 0.2) is 52.7 Å². The van der Waals surface area contributed by atoms with E-state index < -0.39 is 28.5 Å². The number of carbonyl (C=O) groups is 2. The summed E-state index contributed by atoms with van der Waals surface area (Å²) < 4.78 is 32.1. The summed E-state index contributed by atoms with van der Waals surface area (Å²) in [5.74, 6) is -1.39. The Kier molecular flexibility index (Phi) is 7.32. The number of nitrogens with zero attached hydrogens (tertiary/aromatic N) is 2. The fourth-order valence-corrected chi connectivity index (χ4v) is 6.21. The summed E-state index contributed by atoms with van der Waals surface area (Å²) in [6.45, 7) is 2.27. The molecule has 0 atom stereocenters. The topological polar surface area (TPSA) is 106 Å².